The fourth-order valence-corrected chi connectivity index (χ4v) is 3.95. The second kappa shape index (κ2) is 6.42. The Morgan fingerprint density at radius 1 is 1.39 bits per heavy atom. The lowest BCUT2D eigenvalue weighted by Crippen LogP contribution is -2.05. The van der Waals surface area contributed by atoms with E-state index in [1.807, 2.05) is 0 Å². The summed E-state index contributed by atoms with van der Waals surface area (Å²) in [6, 6.07) is 6.98. The van der Waals surface area contributed by atoms with Crippen LogP contribution in [0.15, 0.2) is 34.2 Å². The third-order valence-corrected chi connectivity index (χ3v) is 5.31. The molecule has 0 N–H and O–H groups in total. The molecule has 118 valence electrons. The third-order valence-electron chi connectivity index (χ3n) is 3.16. The van der Waals surface area contributed by atoms with Gasteiger partial charge in [-0.3, -0.25) is 8.77 Å². The highest BCUT2D eigenvalue weighted by molar-refractivity contribution is 9.11. The van der Waals surface area contributed by atoms with E-state index in [2.05, 4.69) is 25.7 Å². The monoisotopic (exact) mass is 414 g/mol. The summed E-state index contributed by atoms with van der Waals surface area (Å²) >= 11 is 4.25. The molecule has 0 aliphatic heterocycles. The summed E-state index contributed by atoms with van der Waals surface area (Å²) < 4.78 is 19.3. The number of hydrogen-bond donors (Lipinski definition) is 0. The summed E-state index contributed by atoms with van der Waals surface area (Å²) in [6.45, 7) is 0. The number of carbonyl (C=O) groups excluding carboxylic acids is 2. The van der Waals surface area contributed by atoms with E-state index in [0.29, 0.717) is 20.3 Å². The quantitative estimate of drug-likeness (QED) is 0.471. The molecule has 2 heterocycles. The predicted octanol–water partition coefficient (Wildman–Crippen LogP) is 4.26. The van der Waals surface area contributed by atoms with Crippen LogP contribution in [0, 0.1) is 0 Å². The number of ether oxygens (including phenoxy) is 1. The largest absolute Gasteiger partial charge is 0.464 e. The first-order valence-corrected chi connectivity index (χ1v) is 8.53. The Morgan fingerprint density at radius 2 is 2.13 bits per heavy atom. The van der Waals surface area contributed by atoms with Crippen molar-refractivity contribution in [2.45, 2.75) is 0 Å². The van der Waals surface area contributed by atoms with Crippen molar-refractivity contribution in [3.63, 3.8) is 0 Å². The van der Waals surface area contributed by atoms with Crippen LogP contribution >= 0.6 is 39.6 Å². The minimum Gasteiger partial charge on any atom is -0.464 e. The normalized spacial score (nSPS) is 10.9. The molecule has 23 heavy (non-hydrogen) atoms. The van der Waals surface area contributed by atoms with Gasteiger partial charge in [0.15, 0.2) is 23.0 Å². The van der Waals surface area contributed by atoms with Crippen molar-refractivity contribution in [2.24, 2.45) is 0 Å². The molecule has 0 saturated heterocycles. The number of esters is 1. The Morgan fingerprint density at radius 3 is 2.83 bits per heavy atom. The van der Waals surface area contributed by atoms with Gasteiger partial charge in [-0.05, 0) is 22.0 Å². The fourth-order valence-electron chi connectivity index (χ4n) is 2.12. The first kappa shape index (κ1) is 16.2. The highest BCUT2D eigenvalue weighted by Gasteiger charge is 2.24. The van der Waals surface area contributed by atoms with E-state index in [1.165, 1.54) is 17.3 Å². The number of thiazole rings is 1. The van der Waals surface area contributed by atoms with Gasteiger partial charge < -0.3 is 4.74 Å². The standard InChI is InChI=1S/C14H8BrFN2O3S2/c1-21-14(20)10-12(15)22-13(17-10)11(19)8-6-18(23-16)9-5-3-2-4-7(8)9/h2-6H,1H3. The molecular weight excluding hydrogens is 407 g/mol. The molecule has 0 aliphatic carbocycles. The summed E-state index contributed by atoms with van der Waals surface area (Å²) in [5.74, 6) is -1.01. The number of halogens is 2. The van der Waals surface area contributed by atoms with Gasteiger partial charge in [0.2, 0.25) is 5.78 Å². The predicted molar refractivity (Wildman–Crippen MR) is 90.6 cm³/mol. The smallest absolute Gasteiger partial charge is 0.358 e. The second-order valence-electron chi connectivity index (χ2n) is 4.42. The van der Waals surface area contributed by atoms with Gasteiger partial charge in [0.1, 0.15) is 3.79 Å². The van der Waals surface area contributed by atoms with Crippen LogP contribution in [-0.2, 0) is 4.74 Å². The van der Waals surface area contributed by atoms with E-state index in [-0.39, 0.29) is 28.8 Å². The Kier molecular flexibility index (Phi) is 4.51. The molecule has 0 amide bonds. The number of rotatable bonds is 4. The van der Waals surface area contributed by atoms with Crippen LogP contribution in [0.1, 0.15) is 25.9 Å². The van der Waals surface area contributed by atoms with Crippen LogP contribution in [-0.4, -0.2) is 27.8 Å². The summed E-state index contributed by atoms with van der Waals surface area (Å²) in [5, 5.41) is 0.748. The Hall–Kier alpha value is -1.71. The fraction of sp³-hybridized carbons (Fsp3) is 0.0714. The second-order valence-corrected chi connectivity index (χ2v) is 7.27. The number of fused-ring (bicyclic) bond motifs is 1. The average molecular weight is 415 g/mol. The van der Waals surface area contributed by atoms with Crippen LogP contribution in [0.3, 0.4) is 0 Å². The lowest BCUT2D eigenvalue weighted by molar-refractivity contribution is 0.0594. The van der Waals surface area contributed by atoms with Crippen LogP contribution in [0.25, 0.3) is 10.9 Å². The molecule has 9 heteroatoms. The zero-order valence-corrected chi connectivity index (χ0v) is 14.8. The first-order valence-electron chi connectivity index (χ1n) is 6.25. The molecule has 3 rings (SSSR count). The Balaban J connectivity index is 2.09. The number of carbonyl (C=O) groups is 2. The van der Waals surface area contributed by atoms with Crippen molar-refractivity contribution in [2.75, 3.05) is 7.11 Å². The third kappa shape index (κ3) is 2.79. The van der Waals surface area contributed by atoms with Crippen molar-refractivity contribution < 1.29 is 18.2 Å². The van der Waals surface area contributed by atoms with Crippen LogP contribution in [0.2, 0.25) is 0 Å². The topological polar surface area (TPSA) is 61.2 Å². The van der Waals surface area contributed by atoms with E-state index in [4.69, 9.17) is 0 Å². The molecule has 0 saturated carbocycles. The molecule has 0 bridgehead atoms. The van der Waals surface area contributed by atoms with Crippen LogP contribution in [0.5, 0.6) is 0 Å². The van der Waals surface area contributed by atoms with Gasteiger partial charge in [-0.15, -0.1) is 15.2 Å². The van der Waals surface area contributed by atoms with Gasteiger partial charge in [-0.2, -0.15) is 0 Å². The number of benzene rings is 1. The van der Waals surface area contributed by atoms with E-state index in [1.54, 1.807) is 24.3 Å². The number of aromatic nitrogens is 2. The maximum atomic E-state index is 13.0. The van der Waals surface area contributed by atoms with Gasteiger partial charge in [0, 0.05) is 11.6 Å². The van der Waals surface area contributed by atoms with Gasteiger partial charge >= 0.3 is 5.97 Å². The minimum atomic E-state index is -0.631. The molecule has 0 fully saturated rings. The van der Waals surface area contributed by atoms with Crippen LogP contribution in [0.4, 0.5) is 3.89 Å². The SMILES string of the molecule is COC(=O)c1nc(C(=O)c2cn(SF)c3ccccc23)sc1Br. The van der Waals surface area contributed by atoms with Gasteiger partial charge in [-0.25, -0.2) is 9.78 Å². The number of para-hydroxylation sites is 1. The lowest BCUT2D eigenvalue weighted by atomic mass is 10.1. The van der Waals surface area contributed by atoms with Gasteiger partial charge in [-0.1, -0.05) is 18.2 Å². The maximum absolute atomic E-state index is 13.0. The first-order chi connectivity index (χ1) is 11.1. The number of hydrogen-bond acceptors (Lipinski definition) is 6. The summed E-state index contributed by atoms with van der Waals surface area (Å²) in [6.07, 6.45) is 1.42. The number of ketones is 1. The summed E-state index contributed by atoms with van der Waals surface area (Å²) in [4.78, 5) is 28.3. The molecule has 1 aromatic carbocycles. The van der Waals surface area contributed by atoms with Crippen LogP contribution < -0.4 is 0 Å². The molecule has 2 aromatic heterocycles. The Labute approximate surface area is 147 Å². The van der Waals surface area contributed by atoms with E-state index in [0.717, 1.165) is 11.3 Å². The maximum Gasteiger partial charge on any atom is 0.358 e. The highest BCUT2D eigenvalue weighted by atomic mass is 79.9. The van der Waals surface area contributed by atoms with Crippen molar-refractivity contribution in [1.29, 1.82) is 0 Å². The molecular formula is C14H8BrFN2O3S2. The van der Waals surface area contributed by atoms with E-state index >= 15 is 0 Å². The number of nitrogens with zero attached hydrogens (tertiary/aromatic N) is 2. The molecule has 0 radical (unpaired) electrons. The lowest BCUT2D eigenvalue weighted by Gasteiger charge is -1.95. The van der Waals surface area contributed by atoms with E-state index < -0.39 is 5.97 Å². The van der Waals surface area contributed by atoms with Crippen molar-refractivity contribution >= 4 is 62.3 Å². The zero-order valence-electron chi connectivity index (χ0n) is 11.6. The molecule has 0 atom stereocenters. The number of methoxy groups -OCH3 is 1. The molecule has 0 unspecified atom stereocenters. The summed E-state index contributed by atoms with van der Waals surface area (Å²) in [5.41, 5.74) is 0.958. The molecule has 3 aromatic rings. The van der Waals surface area contributed by atoms with Gasteiger partial charge in [0.05, 0.1) is 18.2 Å². The van der Waals surface area contributed by atoms with Crippen molar-refractivity contribution in [3.8, 4) is 0 Å². The van der Waals surface area contributed by atoms with E-state index in [9.17, 15) is 13.5 Å². The van der Waals surface area contributed by atoms with Gasteiger partial charge in [0.25, 0.3) is 0 Å². The Bertz CT molecular complexity index is 922. The molecule has 0 aliphatic rings. The summed E-state index contributed by atoms with van der Waals surface area (Å²) in [7, 11) is 1.24. The molecule has 0 spiro atoms. The molecule has 5 nitrogen and oxygen atoms in total. The highest BCUT2D eigenvalue weighted by Crippen LogP contribution is 2.31. The minimum absolute atomic E-state index is 0.0127. The zero-order chi connectivity index (χ0) is 16.6. The van der Waals surface area contributed by atoms with Crippen molar-refractivity contribution in [3.05, 3.63) is 50.5 Å². The average Bonchev–Trinajstić information content (AvgIpc) is 3.14. The van der Waals surface area contributed by atoms with Crippen molar-refractivity contribution in [1.82, 2.24) is 8.96 Å².